The number of rotatable bonds is 7. The molecule has 0 aliphatic carbocycles. The minimum absolute atomic E-state index is 0.0232. The Bertz CT molecular complexity index is 1320. The van der Waals surface area contributed by atoms with Gasteiger partial charge in [0.2, 0.25) is 0 Å². The fraction of sp³-hybridized carbons (Fsp3) is 0.281. The lowest BCUT2D eigenvalue weighted by atomic mass is 10.0. The molecule has 1 saturated heterocycles. The number of fused-ring (bicyclic) bond motifs is 1. The Hall–Kier alpha value is -3.63. The van der Waals surface area contributed by atoms with Gasteiger partial charge in [0, 0.05) is 25.7 Å². The second-order valence-corrected chi connectivity index (χ2v) is 9.78. The van der Waals surface area contributed by atoms with E-state index >= 15 is 0 Å². The molecule has 4 aromatic carbocycles. The Kier molecular flexibility index (Phi) is 7.33. The number of carbonyl (C=O) groups excluding carboxylic acids is 1. The van der Waals surface area contributed by atoms with Crippen LogP contribution in [-0.4, -0.2) is 43.0 Å². The lowest BCUT2D eigenvalue weighted by Crippen LogP contribution is -2.29. The van der Waals surface area contributed by atoms with Gasteiger partial charge in [-0.05, 0) is 89.3 Å². The van der Waals surface area contributed by atoms with Crippen molar-refractivity contribution in [2.75, 3.05) is 27.2 Å². The van der Waals surface area contributed by atoms with Crippen LogP contribution in [0.2, 0.25) is 0 Å². The first kappa shape index (κ1) is 24.1. The monoisotopic (exact) mass is 478 g/mol. The fourth-order valence-corrected chi connectivity index (χ4v) is 5.15. The van der Waals surface area contributed by atoms with Gasteiger partial charge >= 0.3 is 0 Å². The molecule has 0 bridgehead atoms. The third kappa shape index (κ3) is 5.44. The second kappa shape index (κ2) is 11.0. The van der Waals surface area contributed by atoms with Crippen molar-refractivity contribution >= 4 is 16.7 Å². The first-order valence-corrected chi connectivity index (χ1v) is 12.8. The van der Waals surface area contributed by atoms with E-state index in [0.29, 0.717) is 12.1 Å². The van der Waals surface area contributed by atoms with Crippen molar-refractivity contribution in [3.8, 4) is 16.9 Å². The molecular formula is C32H34N2O2. The van der Waals surface area contributed by atoms with E-state index in [1.807, 2.05) is 55.6 Å². The minimum atomic E-state index is 0.0232. The van der Waals surface area contributed by atoms with Crippen LogP contribution in [-0.2, 0) is 13.1 Å². The Balaban J connectivity index is 1.28. The van der Waals surface area contributed by atoms with Crippen LogP contribution in [0.1, 0.15) is 40.7 Å². The Morgan fingerprint density at radius 3 is 2.25 bits per heavy atom. The first-order chi connectivity index (χ1) is 17.6. The van der Waals surface area contributed by atoms with Crippen LogP contribution in [0.15, 0.2) is 84.9 Å². The van der Waals surface area contributed by atoms with Crippen molar-refractivity contribution in [1.82, 2.24) is 9.80 Å². The van der Waals surface area contributed by atoms with E-state index in [0.717, 1.165) is 23.4 Å². The summed E-state index contributed by atoms with van der Waals surface area (Å²) in [7, 11) is 3.54. The van der Waals surface area contributed by atoms with Gasteiger partial charge in [-0.1, -0.05) is 61.0 Å². The Morgan fingerprint density at radius 1 is 0.861 bits per heavy atom. The number of likely N-dealkylation sites (tertiary alicyclic amines) is 1. The first-order valence-electron chi connectivity index (χ1n) is 12.8. The normalized spacial score (nSPS) is 14.1. The molecule has 1 fully saturated rings. The van der Waals surface area contributed by atoms with Gasteiger partial charge in [0.25, 0.3) is 5.91 Å². The molecule has 0 N–H and O–H groups in total. The number of amides is 1. The van der Waals surface area contributed by atoms with Gasteiger partial charge in [-0.25, -0.2) is 0 Å². The molecule has 0 atom stereocenters. The van der Waals surface area contributed by atoms with Crippen LogP contribution in [0.3, 0.4) is 0 Å². The maximum atomic E-state index is 13.2. The lowest BCUT2D eigenvalue weighted by molar-refractivity contribution is 0.0785. The van der Waals surface area contributed by atoms with Gasteiger partial charge in [0.05, 0.1) is 7.11 Å². The molecule has 4 nitrogen and oxygen atoms in total. The average molecular weight is 479 g/mol. The number of hydrogen-bond donors (Lipinski definition) is 0. The molecule has 184 valence electrons. The van der Waals surface area contributed by atoms with Gasteiger partial charge in [0.15, 0.2) is 0 Å². The summed E-state index contributed by atoms with van der Waals surface area (Å²) >= 11 is 0. The molecule has 4 heteroatoms. The summed E-state index contributed by atoms with van der Waals surface area (Å²) in [4.78, 5) is 17.6. The van der Waals surface area contributed by atoms with Crippen LogP contribution in [0.4, 0.5) is 0 Å². The standard InChI is InChI=1S/C32H34N2O2/c1-33(32(35)27-12-10-25(11-13-27)26-14-16-30(36-2)17-15-26)23-29-8-6-7-28-21-24(9-18-31(28)29)22-34-19-4-3-5-20-34/h6-18,21H,3-5,19-20,22-23H2,1-2H3. The van der Waals surface area contributed by atoms with Crippen LogP contribution < -0.4 is 4.74 Å². The molecule has 0 saturated carbocycles. The minimum Gasteiger partial charge on any atom is -0.497 e. The highest BCUT2D eigenvalue weighted by Crippen LogP contribution is 2.25. The number of nitrogens with zero attached hydrogens (tertiary/aromatic N) is 2. The fourth-order valence-electron chi connectivity index (χ4n) is 5.15. The molecule has 0 radical (unpaired) electrons. The van der Waals surface area contributed by atoms with Crippen molar-refractivity contribution in [3.63, 3.8) is 0 Å². The van der Waals surface area contributed by atoms with Gasteiger partial charge in [-0.2, -0.15) is 0 Å². The molecule has 0 spiro atoms. The van der Waals surface area contributed by atoms with E-state index in [2.05, 4.69) is 41.3 Å². The third-order valence-corrected chi connectivity index (χ3v) is 7.20. The quantitative estimate of drug-likeness (QED) is 0.294. The predicted molar refractivity (Wildman–Crippen MR) is 147 cm³/mol. The smallest absolute Gasteiger partial charge is 0.253 e. The number of piperidine rings is 1. The summed E-state index contributed by atoms with van der Waals surface area (Å²) < 4.78 is 5.24. The summed E-state index contributed by atoms with van der Waals surface area (Å²) in [5.41, 5.74) is 5.40. The van der Waals surface area contributed by atoms with E-state index in [-0.39, 0.29) is 5.91 Å². The number of hydrogen-bond acceptors (Lipinski definition) is 3. The van der Waals surface area contributed by atoms with Crippen molar-refractivity contribution in [2.24, 2.45) is 0 Å². The zero-order chi connectivity index (χ0) is 24.9. The van der Waals surface area contributed by atoms with E-state index in [1.54, 1.807) is 12.0 Å². The van der Waals surface area contributed by atoms with E-state index in [4.69, 9.17) is 4.74 Å². The largest absolute Gasteiger partial charge is 0.497 e. The predicted octanol–water partition coefficient (Wildman–Crippen LogP) is 6.77. The van der Waals surface area contributed by atoms with Crippen LogP contribution in [0.5, 0.6) is 5.75 Å². The number of carbonyl (C=O) groups is 1. The topological polar surface area (TPSA) is 32.8 Å². The summed E-state index contributed by atoms with van der Waals surface area (Å²) in [6.07, 6.45) is 3.97. The number of ether oxygens (including phenoxy) is 1. The summed E-state index contributed by atoms with van der Waals surface area (Å²) in [5.74, 6) is 0.855. The van der Waals surface area contributed by atoms with E-state index < -0.39 is 0 Å². The highest BCUT2D eigenvalue weighted by molar-refractivity contribution is 5.95. The van der Waals surface area contributed by atoms with E-state index in [9.17, 15) is 4.79 Å². The number of methoxy groups -OCH3 is 1. The average Bonchev–Trinajstić information content (AvgIpc) is 2.93. The van der Waals surface area contributed by atoms with Gasteiger partial charge in [0.1, 0.15) is 5.75 Å². The lowest BCUT2D eigenvalue weighted by Gasteiger charge is -2.26. The molecule has 5 rings (SSSR count). The molecule has 1 heterocycles. The second-order valence-electron chi connectivity index (χ2n) is 9.78. The third-order valence-electron chi connectivity index (χ3n) is 7.20. The van der Waals surface area contributed by atoms with Gasteiger partial charge in [-0.3, -0.25) is 9.69 Å². The van der Waals surface area contributed by atoms with Crippen molar-refractivity contribution in [2.45, 2.75) is 32.4 Å². The van der Waals surface area contributed by atoms with Gasteiger partial charge in [-0.15, -0.1) is 0 Å². The van der Waals surface area contributed by atoms with Crippen molar-refractivity contribution in [3.05, 3.63) is 102 Å². The Morgan fingerprint density at radius 2 is 1.56 bits per heavy atom. The van der Waals surface area contributed by atoms with Crippen molar-refractivity contribution in [1.29, 1.82) is 0 Å². The zero-order valence-electron chi connectivity index (χ0n) is 21.2. The van der Waals surface area contributed by atoms with Crippen LogP contribution in [0.25, 0.3) is 21.9 Å². The van der Waals surface area contributed by atoms with Crippen LogP contribution in [0, 0.1) is 0 Å². The maximum Gasteiger partial charge on any atom is 0.253 e. The summed E-state index contributed by atoms with van der Waals surface area (Å²) in [6.45, 7) is 3.99. The molecule has 36 heavy (non-hydrogen) atoms. The highest BCUT2D eigenvalue weighted by atomic mass is 16.5. The summed E-state index contributed by atoms with van der Waals surface area (Å²) in [5, 5.41) is 2.46. The zero-order valence-corrected chi connectivity index (χ0v) is 21.2. The highest BCUT2D eigenvalue weighted by Gasteiger charge is 2.15. The maximum absolute atomic E-state index is 13.2. The molecule has 0 aromatic heterocycles. The molecule has 1 amide bonds. The summed E-state index contributed by atoms with van der Waals surface area (Å²) in [6, 6.07) is 29.0. The number of benzene rings is 4. The van der Waals surface area contributed by atoms with Crippen molar-refractivity contribution < 1.29 is 9.53 Å². The molecule has 1 aliphatic heterocycles. The molecular weight excluding hydrogens is 444 g/mol. The van der Waals surface area contributed by atoms with Crippen LogP contribution >= 0.6 is 0 Å². The van der Waals surface area contributed by atoms with Gasteiger partial charge < -0.3 is 9.64 Å². The SMILES string of the molecule is COc1ccc(-c2ccc(C(=O)N(C)Cc3cccc4cc(CN5CCCCC5)ccc34)cc2)cc1. The molecule has 1 aliphatic rings. The van der Waals surface area contributed by atoms with E-state index in [1.165, 1.54) is 54.3 Å². The molecule has 4 aromatic rings. The Labute approximate surface area is 214 Å². The molecule has 0 unspecified atom stereocenters.